The van der Waals surface area contributed by atoms with Gasteiger partial charge in [-0.1, -0.05) is 0 Å². The molecule has 0 unspecified atom stereocenters. The van der Waals surface area contributed by atoms with Crippen molar-refractivity contribution in [2.24, 2.45) is 7.05 Å². The number of imidazole rings is 1. The minimum absolute atomic E-state index is 0.168. The second-order valence-electron chi connectivity index (χ2n) is 7.50. The molecular formula is C19H29N7O. The van der Waals surface area contributed by atoms with Crippen molar-refractivity contribution >= 4 is 11.7 Å². The third-order valence-corrected chi connectivity index (χ3v) is 5.09. The molecule has 3 rings (SSSR count). The van der Waals surface area contributed by atoms with Crippen molar-refractivity contribution < 1.29 is 4.79 Å². The number of hydrogen-bond donors (Lipinski definition) is 1. The fraction of sp³-hybridized carbons (Fsp3) is 0.579. The van der Waals surface area contributed by atoms with Gasteiger partial charge in [-0.2, -0.15) is 0 Å². The number of carbonyl (C=O) groups excluding carboxylic acids is 1. The number of rotatable bonds is 5. The lowest BCUT2D eigenvalue weighted by Crippen LogP contribution is -2.34. The predicted molar refractivity (Wildman–Crippen MR) is 105 cm³/mol. The number of aromatic nitrogens is 4. The summed E-state index contributed by atoms with van der Waals surface area (Å²) in [6.07, 6.45) is 3.07. The molecule has 2 aromatic rings. The van der Waals surface area contributed by atoms with Gasteiger partial charge in [0.15, 0.2) is 0 Å². The maximum atomic E-state index is 12.3. The van der Waals surface area contributed by atoms with Crippen molar-refractivity contribution in [2.75, 3.05) is 32.1 Å². The van der Waals surface area contributed by atoms with Gasteiger partial charge >= 0.3 is 0 Å². The molecule has 0 radical (unpaired) electrons. The molecule has 0 aromatic carbocycles. The Balaban J connectivity index is 1.71. The van der Waals surface area contributed by atoms with E-state index >= 15 is 0 Å². The highest BCUT2D eigenvalue weighted by molar-refractivity contribution is 5.90. The molecule has 0 bridgehead atoms. The van der Waals surface area contributed by atoms with Crippen LogP contribution in [0.15, 0.2) is 6.20 Å². The largest absolute Gasteiger partial charge is 0.355 e. The van der Waals surface area contributed by atoms with Gasteiger partial charge in [0.2, 0.25) is 5.82 Å². The topological polar surface area (TPSA) is 79.2 Å². The normalized spacial score (nSPS) is 16.8. The van der Waals surface area contributed by atoms with Gasteiger partial charge < -0.3 is 19.7 Å². The van der Waals surface area contributed by atoms with Gasteiger partial charge in [-0.25, -0.2) is 15.0 Å². The van der Waals surface area contributed by atoms with E-state index in [1.165, 1.54) is 4.90 Å². The third kappa shape index (κ3) is 4.10. The molecule has 1 fully saturated rings. The zero-order valence-electron chi connectivity index (χ0n) is 17.1. The second-order valence-corrected chi connectivity index (χ2v) is 7.50. The maximum absolute atomic E-state index is 12.3. The average molecular weight is 371 g/mol. The second kappa shape index (κ2) is 7.64. The molecule has 1 atom stereocenters. The summed E-state index contributed by atoms with van der Waals surface area (Å²) in [6.45, 7) is 8.47. The van der Waals surface area contributed by atoms with Crippen LogP contribution in [0.1, 0.15) is 39.8 Å². The van der Waals surface area contributed by atoms with E-state index in [1.807, 2.05) is 34.0 Å². The van der Waals surface area contributed by atoms with Crippen molar-refractivity contribution in [1.29, 1.82) is 0 Å². The van der Waals surface area contributed by atoms with Gasteiger partial charge in [0.1, 0.15) is 11.6 Å². The SMILES string of the molecule is Cc1cn(C)c(CN[C@@H]2CCN(c3nc(C(=O)N(C)C)nc(C)c3C)C2)n1. The third-order valence-electron chi connectivity index (χ3n) is 5.09. The summed E-state index contributed by atoms with van der Waals surface area (Å²) in [5.41, 5.74) is 2.92. The summed E-state index contributed by atoms with van der Waals surface area (Å²) in [5.74, 6) is 2.00. The minimum Gasteiger partial charge on any atom is -0.355 e. The van der Waals surface area contributed by atoms with E-state index in [0.717, 1.165) is 54.6 Å². The summed E-state index contributed by atoms with van der Waals surface area (Å²) in [5, 5.41) is 3.60. The van der Waals surface area contributed by atoms with Crippen LogP contribution >= 0.6 is 0 Å². The van der Waals surface area contributed by atoms with E-state index in [0.29, 0.717) is 6.04 Å². The zero-order chi connectivity index (χ0) is 19.7. The molecule has 8 nitrogen and oxygen atoms in total. The van der Waals surface area contributed by atoms with Gasteiger partial charge in [0, 0.05) is 57.7 Å². The standard InChI is InChI=1S/C19H29N7O/c1-12-10-25(6)16(21-12)9-20-15-7-8-26(11-15)18-13(2)14(3)22-17(23-18)19(27)24(4)5/h10,15,20H,7-9,11H2,1-6H3/t15-/m1/s1. The van der Waals surface area contributed by atoms with Crippen LogP contribution in [0.25, 0.3) is 0 Å². The van der Waals surface area contributed by atoms with Crippen LogP contribution in [0.3, 0.4) is 0 Å². The molecule has 1 aliphatic heterocycles. The van der Waals surface area contributed by atoms with Crippen LogP contribution < -0.4 is 10.2 Å². The number of amides is 1. The zero-order valence-corrected chi connectivity index (χ0v) is 17.1. The quantitative estimate of drug-likeness (QED) is 0.851. The highest BCUT2D eigenvalue weighted by Gasteiger charge is 2.26. The van der Waals surface area contributed by atoms with Crippen LogP contribution in [-0.4, -0.2) is 63.6 Å². The molecule has 146 valence electrons. The Hall–Kier alpha value is -2.48. The summed E-state index contributed by atoms with van der Waals surface area (Å²) in [4.78, 5) is 29.6. The van der Waals surface area contributed by atoms with E-state index < -0.39 is 0 Å². The number of carbonyl (C=O) groups is 1. The molecule has 8 heteroatoms. The molecule has 2 aromatic heterocycles. The number of aryl methyl sites for hydroxylation is 3. The van der Waals surface area contributed by atoms with E-state index in [2.05, 4.69) is 29.7 Å². The molecule has 1 N–H and O–H groups in total. The van der Waals surface area contributed by atoms with Crippen LogP contribution in [0, 0.1) is 20.8 Å². The molecule has 1 amide bonds. The number of nitrogens with zero attached hydrogens (tertiary/aromatic N) is 6. The first-order valence-electron chi connectivity index (χ1n) is 9.30. The number of anilines is 1. The van der Waals surface area contributed by atoms with E-state index in [1.54, 1.807) is 14.1 Å². The van der Waals surface area contributed by atoms with Gasteiger partial charge in [0.05, 0.1) is 12.2 Å². The Morgan fingerprint density at radius 1 is 1.26 bits per heavy atom. The first-order chi connectivity index (χ1) is 12.8. The fourth-order valence-electron chi connectivity index (χ4n) is 3.40. The van der Waals surface area contributed by atoms with E-state index in [-0.39, 0.29) is 11.7 Å². The minimum atomic E-state index is -0.168. The lowest BCUT2D eigenvalue weighted by molar-refractivity contribution is 0.0815. The van der Waals surface area contributed by atoms with Gasteiger partial charge in [0.25, 0.3) is 5.91 Å². The fourth-order valence-corrected chi connectivity index (χ4v) is 3.40. The van der Waals surface area contributed by atoms with E-state index in [9.17, 15) is 4.79 Å². The highest BCUT2D eigenvalue weighted by atomic mass is 16.2. The lowest BCUT2D eigenvalue weighted by Gasteiger charge is -2.22. The van der Waals surface area contributed by atoms with E-state index in [4.69, 9.17) is 0 Å². The Bertz CT molecular complexity index is 843. The molecule has 1 aliphatic rings. The van der Waals surface area contributed by atoms with Gasteiger partial charge in [-0.05, 0) is 27.2 Å². The highest BCUT2D eigenvalue weighted by Crippen LogP contribution is 2.24. The maximum Gasteiger partial charge on any atom is 0.291 e. The van der Waals surface area contributed by atoms with Crippen molar-refractivity contribution in [1.82, 2.24) is 29.7 Å². The van der Waals surface area contributed by atoms with Crippen molar-refractivity contribution in [3.8, 4) is 0 Å². The predicted octanol–water partition coefficient (Wildman–Crippen LogP) is 1.21. The van der Waals surface area contributed by atoms with Crippen LogP contribution in [0.4, 0.5) is 5.82 Å². The molecule has 27 heavy (non-hydrogen) atoms. The average Bonchev–Trinajstić information content (AvgIpc) is 3.20. The Labute approximate surface area is 160 Å². The van der Waals surface area contributed by atoms with Crippen molar-refractivity contribution in [3.05, 3.63) is 34.8 Å². The van der Waals surface area contributed by atoms with Crippen LogP contribution in [0.5, 0.6) is 0 Å². The Morgan fingerprint density at radius 2 is 2.00 bits per heavy atom. The monoisotopic (exact) mass is 371 g/mol. The number of hydrogen-bond acceptors (Lipinski definition) is 6. The molecular weight excluding hydrogens is 342 g/mol. The molecule has 0 spiro atoms. The van der Waals surface area contributed by atoms with Crippen molar-refractivity contribution in [2.45, 2.75) is 39.8 Å². The first kappa shape index (κ1) is 19.3. The smallest absolute Gasteiger partial charge is 0.291 e. The Morgan fingerprint density at radius 3 is 2.63 bits per heavy atom. The van der Waals surface area contributed by atoms with Gasteiger partial charge in [-0.3, -0.25) is 4.79 Å². The van der Waals surface area contributed by atoms with Crippen molar-refractivity contribution in [3.63, 3.8) is 0 Å². The first-order valence-corrected chi connectivity index (χ1v) is 9.30. The summed E-state index contributed by atoms with van der Waals surface area (Å²) in [6, 6.07) is 0.365. The summed E-state index contributed by atoms with van der Waals surface area (Å²) >= 11 is 0. The van der Waals surface area contributed by atoms with Crippen LogP contribution in [-0.2, 0) is 13.6 Å². The summed E-state index contributed by atoms with van der Waals surface area (Å²) < 4.78 is 2.06. The molecule has 3 heterocycles. The molecule has 0 aliphatic carbocycles. The van der Waals surface area contributed by atoms with Crippen LogP contribution in [0.2, 0.25) is 0 Å². The number of nitrogens with one attached hydrogen (secondary N) is 1. The Kier molecular flexibility index (Phi) is 5.46. The molecule has 0 saturated carbocycles. The molecule has 1 saturated heterocycles. The van der Waals surface area contributed by atoms with Gasteiger partial charge in [-0.15, -0.1) is 0 Å². The lowest BCUT2D eigenvalue weighted by atomic mass is 10.2. The summed E-state index contributed by atoms with van der Waals surface area (Å²) in [7, 11) is 5.46.